The van der Waals surface area contributed by atoms with Gasteiger partial charge in [0.2, 0.25) is 0 Å². The fourth-order valence-electron chi connectivity index (χ4n) is 4.10. The largest absolute Gasteiger partial charge is 0.390 e. The monoisotopic (exact) mass is 542 g/mol. The molecule has 12 nitrogen and oxygen atoms in total. The number of benzene rings is 2. The highest BCUT2D eigenvalue weighted by Gasteiger charge is 2.37. The van der Waals surface area contributed by atoms with E-state index in [2.05, 4.69) is 15.0 Å². The van der Waals surface area contributed by atoms with Gasteiger partial charge in [0.25, 0.3) is 10.0 Å². The van der Waals surface area contributed by atoms with Gasteiger partial charge in [0.15, 0.2) is 11.2 Å². The van der Waals surface area contributed by atoms with Crippen molar-refractivity contribution in [3.05, 3.63) is 58.8 Å². The standard InChI is InChI=1S/C25H30N6O6S/c1-30(2)20-7-6-17-8-16(4-5-18(17)10-20)9-21(12-26)38(34,35)27-13-19-14-31(29-28-19)15-23-25(33)22(32)11-24(36-3)37-23/h4-10,14,22-25,27,32-33H,11,13,15H2,1-3H3/b21-9+/t22-,23-,24+,25+/m1/s1. The Morgan fingerprint density at radius 2 is 2.03 bits per heavy atom. The Kier molecular flexibility index (Phi) is 8.41. The number of sulfonamides is 1. The van der Waals surface area contributed by atoms with Gasteiger partial charge in [-0.1, -0.05) is 23.4 Å². The van der Waals surface area contributed by atoms with E-state index in [-0.39, 0.29) is 19.5 Å². The van der Waals surface area contributed by atoms with Crippen molar-refractivity contribution in [1.82, 2.24) is 19.7 Å². The predicted molar refractivity (Wildman–Crippen MR) is 140 cm³/mol. The molecule has 1 aromatic heterocycles. The Balaban J connectivity index is 1.43. The smallest absolute Gasteiger partial charge is 0.251 e. The lowest BCUT2D eigenvalue weighted by molar-refractivity contribution is -0.245. The number of aliphatic hydroxyl groups excluding tert-OH is 2. The van der Waals surface area contributed by atoms with Crippen LogP contribution in [0.2, 0.25) is 0 Å². The molecule has 0 aliphatic carbocycles. The van der Waals surface area contributed by atoms with E-state index in [1.165, 1.54) is 24.1 Å². The maximum absolute atomic E-state index is 12.8. The summed E-state index contributed by atoms with van der Waals surface area (Å²) in [6, 6.07) is 13.1. The van der Waals surface area contributed by atoms with Crippen LogP contribution in [-0.4, -0.2) is 79.4 Å². The van der Waals surface area contributed by atoms with E-state index in [4.69, 9.17) is 9.47 Å². The molecule has 3 N–H and O–H groups in total. The summed E-state index contributed by atoms with van der Waals surface area (Å²) in [6.45, 7) is -0.136. The van der Waals surface area contributed by atoms with Crippen LogP contribution in [0.1, 0.15) is 17.7 Å². The number of nitriles is 1. The summed E-state index contributed by atoms with van der Waals surface area (Å²) >= 11 is 0. The number of nitrogens with zero attached hydrogens (tertiary/aromatic N) is 5. The van der Waals surface area contributed by atoms with Crippen molar-refractivity contribution in [3.8, 4) is 6.07 Å². The minimum Gasteiger partial charge on any atom is -0.390 e. The minimum atomic E-state index is -4.13. The Morgan fingerprint density at radius 1 is 1.29 bits per heavy atom. The molecule has 1 aliphatic heterocycles. The van der Waals surface area contributed by atoms with Crippen LogP contribution in [0.4, 0.5) is 5.69 Å². The Hall–Kier alpha value is -3.38. The summed E-state index contributed by atoms with van der Waals surface area (Å²) in [4.78, 5) is 1.55. The Morgan fingerprint density at radius 3 is 2.74 bits per heavy atom. The molecule has 0 radical (unpaired) electrons. The van der Waals surface area contributed by atoms with Gasteiger partial charge in [0.05, 0.1) is 24.9 Å². The van der Waals surface area contributed by atoms with Crippen molar-refractivity contribution in [2.75, 3.05) is 26.1 Å². The molecule has 2 aromatic carbocycles. The average molecular weight is 543 g/mol. The quantitative estimate of drug-likeness (QED) is 0.332. The topological polar surface area (TPSA) is 163 Å². The van der Waals surface area contributed by atoms with Gasteiger partial charge in [-0.25, -0.2) is 17.8 Å². The third kappa shape index (κ3) is 6.36. The molecule has 2 heterocycles. The fourth-order valence-corrected chi connectivity index (χ4v) is 5.00. The number of rotatable bonds is 9. The first kappa shape index (κ1) is 27.6. The highest BCUT2D eigenvalue weighted by Crippen LogP contribution is 2.24. The molecule has 13 heteroatoms. The number of hydrogen-bond donors (Lipinski definition) is 3. The van der Waals surface area contributed by atoms with Gasteiger partial charge in [-0.05, 0) is 40.6 Å². The molecule has 0 bridgehead atoms. The molecule has 0 saturated carbocycles. The number of fused-ring (bicyclic) bond motifs is 1. The summed E-state index contributed by atoms with van der Waals surface area (Å²) < 4.78 is 40.2. The minimum absolute atomic E-state index is 0.0686. The maximum atomic E-state index is 12.8. The number of aliphatic hydroxyl groups is 2. The van der Waals surface area contributed by atoms with Crippen molar-refractivity contribution in [2.45, 2.75) is 44.1 Å². The van der Waals surface area contributed by atoms with Crippen LogP contribution in [0.5, 0.6) is 0 Å². The molecule has 1 aliphatic rings. The lowest BCUT2D eigenvalue weighted by Crippen LogP contribution is -2.50. The predicted octanol–water partition coefficient (Wildman–Crippen LogP) is 0.965. The molecule has 202 valence electrons. The van der Waals surface area contributed by atoms with Gasteiger partial charge >= 0.3 is 0 Å². The number of aromatic nitrogens is 3. The first-order chi connectivity index (χ1) is 18.1. The number of nitrogens with one attached hydrogen (secondary N) is 1. The van der Waals surface area contributed by atoms with E-state index in [1.807, 2.05) is 49.3 Å². The second-order valence-corrected chi connectivity index (χ2v) is 10.9. The summed E-state index contributed by atoms with van der Waals surface area (Å²) in [5.74, 6) is 0. The van der Waals surface area contributed by atoms with Crippen molar-refractivity contribution < 1.29 is 28.1 Å². The summed E-state index contributed by atoms with van der Waals surface area (Å²) in [6.07, 6.45) is -0.657. The molecule has 1 fully saturated rings. The molecular formula is C25H30N6O6S. The zero-order valence-corrected chi connectivity index (χ0v) is 22.0. The molecule has 4 atom stereocenters. The third-order valence-corrected chi connectivity index (χ3v) is 7.57. The second-order valence-electron chi connectivity index (χ2n) is 9.20. The van der Waals surface area contributed by atoms with Crippen LogP contribution >= 0.6 is 0 Å². The Bertz CT molecular complexity index is 1460. The maximum Gasteiger partial charge on any atom is 0.251 e. The van der Waals surface area contributed by atoms with Gasteiger partial charge in [0.1, 0.15) is 18.3 Å². The van der Waals surface area contributed by atoms with Gasteiger partial charge in [-0.3, -0.25) is 0 Å². The number of anilines is 1. The number of allylic oxidation sites excluding steroid dienone is 1. The van der Waals surface area contributed by atoms with Gasteiger partial charge in [0, 0.05) is 39.5 Å². The molecule has 38 heavy (non-hydrogen) atoms. The lowest BCUT2D eigenvalue weighted by Gasteiger charge is -2.36. The highest BCUT2D eigenvalue weighted by molar-refractivity contribution is 7.93. The lowest BCUT2D eigenvalue weighted by atomic mass is 10.0. The van der Waals surface area contributed by atoms with Crippen LogP contribution in [0.25, 0.3) is 16.8 Å². The number of ether oxygens (including phenoxy) is 2. The third-order valence-electron chi connectivity index (χ3n) is 6.26. The Labute approximate surface area is 220 Å². The van der Waals surface area contributed by atoms with Crippen LogP contribution in [-0.2, 0) is 32.6 Å². The van der Waals surface area contributed by atoms with Gasteiger partial charge < -0.3 is 24.6 Å². The fraction of sp³-hybridized carbons (Fsp3) is 0.400. The van der Waals surface area contributed by atoms with Crippen molar-refractivity contribution in [2.24, 2.45) is 0 Å². The second kappa shape index (κ2) is 11.6. The first-order valence-corrected chi connectivity index (χ1v) is 13.3. The zero-order valence-electron chi connectivity index (χ0n) is 21.2. The SMILES string of the molecule is CO[C@@H]1C[C@@H](O)[C@H](O)[C@@H](Cn2cc(CNS(=O)(=O)/C(C#N)=C/c3ccc4cc(N(C)C)ccc4c3)nn2)O1. The number of hydrogen-bond acceptors (Lipinski definition) is 10. The van der Waals surface area contributed by atoms with Gasteiger partial charge in [-0.15, -0.1) is 5.10 Å². The summed E-state index contributed by atoms with van der Waals surface area (Å²) in [7, 11) is 1.21. The van der Waals surface area contributed by atoms with Gasteiger partial charge in [-0.2, -0.15) is 5.26 Å². The molecule has 0 unspecified atom stereocenters. The first-order valence-electron chi connectivity index (χ1n) is 11.9. The highest BCUT2D eigenvalue weighted by atomic mass is 32.2. The van der Waals surface area contributed by atoms with Crippen LogP contribution < -0.4 is 9.62 Å². The van der Waals surface area contributed by atoms with Crippen LogP contribution in [0.15, 0.2) is 47.5 Å². The van der Waals surface area contributed by atoms with E-state index in [0.29, 0.717) is 11.3 Å². The summed E-state index contributed by atoms with van der Waals surface area (Å²) in [5.41, 5.74) is 1.91. The van der Waals surface area contributed by atoms with E-state index in [9.17, 15) is 23.9 Å². The average Bonchev–Trinajstić information content (AvgIpc) is 3.35. The van der Waals surface area contributed by atoms with E-state index < -0.39 is 39.5 Å². The van der Waals surface area contributed by atoms with E-state index in [0.717, 1.165) is 16.5 Å². The number of methoxy groups -OCH3 is 1. The molecule has 4 rings (SSSR count). The molecule has 0 amide bonds. The van der Waals surface area contributed by atoms with E-state index in [1.54, 1.807) is 12.1 Å². The normalized spacial score (nSPS) is 22.4. The van der Waals surface area contributed by atoms with Crippen LogP contribution in [0.3, 0.4) is 0 Å². The van der Waals surface area contributed by atoms with E-state index >= 15 is 0 Å². The van der Waals surface area contributed by atoms with Crippen LogP contribution in [0, 0.1) is 11.3 Å². The molecule has 0 spiro atoms. The summed E-state index contributed by atoms with van der Waals surface area (Å²) in [5, 5.41) is 39.6. The zero-order chi connectivity index (χ0) is 27.4. The van der Waals surface area contributed by atoms with Crippen molar-refractivity contribution in [1.29, 1.82) is 5.26 Å². The van der Waals surface area contributed by atoms with Crippen molar-refractivity contribution in [3.63, 3.8) is 0 Å². The molecule has 3 aromatic rings. The molecular weight excluding hydrogens is 512 g/mol. The van der Waals surface area contributed by atoms with Crippen molar-refractivity contribution >= 4 is 32.6 Å². The molecule has 1 saturated heterocycles.